The Morgan fingerprint density at radius 1 is 0.736 bits per heavy atom. The van der Waals surface area contributed by atoms with Crippen LogP contribution in [0, 0.1) is 5.92 Å². The molecule has 53 heavy (non-hydrogen) atoms. The number of amides is 5. The van der Waals surface area contributed by atoms with E-state index in [2.05, 4.69) is 25.9 Å². The van der Waals surface area contributed by atoms with Crippen molar-refractivity contribution in [3.05, 3.63) is 90.3 Å². The van der Waals surface area contributed by atoms with Crippen molar-refractivity contribution in [3.8, 4) is 0 Å². The number of nitrogens with one attached hydrogen (secondary N) is 3. The van der Waals surface area contributed by atoms with E-state index >= 15 is 0 Å². The van der Waals surface area contributed by atoms with Crippen LogP contribution in [-0.2, 0) is 27.3 Å². The minimum atomic E-state index is -0.990. The summed E-state index contributed by atoms with van der Waals surface area (Å²) in [6, 6.07) is 17.5. The maximum Gasteiger partial charge on any atom is 0.318 e. The molecular formula is C39H56N10O4. The molecule has 0 spiro atoms. The molecule has 0 bridgehead atoms. The van der Waals surface area contributed by atoms with Crippen molar-refractivity contribution >= 4 is 29.7 Å². The third kappa shape index (κ3) is 13.1. The van der Waals surface area contributed by atoms with E-state index < -0.39 is 36.0 Å². The largest absolute Gasteiger partial charge is 0.343 e. The normalized spacial score (nSPS) is 14.6. The lowest BCUT2D eigenvalue weighted by molar-refractivity contribution is -0.138. The number of rotatable bonds is 19. The Labute approximate surface area is 313 Å². The van der Waals surface area contributed by atoms with Crippen molar-refractivity contribution in [2.24, 2.45) is 17.4 Å². The topological polar surface area (TPSA) is 192 Å². The molecule has 1 aliphatic rings. The highest BCUT2D eigenvalue weighted by atomic mass is 16.2. The molecule has 1 fully saturated rings. The minimum Gasteiger partial charge on any atom is -0.343 e. The van der Waals surface area contributed by atoms with E-state index in [1.54, 1.807) is 28.3 Å². The average molecular weight is 729 g/mol. The summed E-state index contributed by atoms with van der Waals surface area (Å²) in [6.07, 6.45) is 5.69. The zero-order chi connectivity index (χ0) is 38.0. The number of hydrogen-bond donors (Lipinski definition) is 5. The average Bonchev–Trinajstić information content (AvgIpc) is 3.17. The van der Waals surface area contributed by atoms with Gasteiger partial charge in [-0.3, -0.25) is 14.4 Å². The standard InChI is InChI=1S/C39H56N10O4/c1-29(2)26-33(35(50)44-32(16-9-10-17-40)37(52)47-22-24-48(25-23-47)38-42-19-11-20-43-38)45-36(51)34(27-30-12-5-3-6-13-30)46-39(53)49(21-18-41)28-31-14-7-4-8-15-31/h3-8,11-15,19-20,29,32-34H,9-10,16-18,21-28,40-41H2,1-2H3,(H,44,50)(H,45,51)(H,46,53)/t32-,33-,34-/m1/s1. The van der Waals surface area contributed by atoms with E-state index in [0.717, 1.165) is 11.1 Å². The van der Waals surface area contributed by atoms with Gasteiger partial charge in [0.25, 0.3) is 0 Å². The summed E-state index contributed by atoms with van der Waals surface area (Å²) in [6.45, 7) is 7.28. The van der Waals surface area contributed by atoms with E-state index in [1.807, 2.05) is 79.4 Å². The van der Waals surface area contributed by atoms with Crippen molar-refractivity contribution in [2.75, 3.05) is 50.7 Å². The van der Waals surface area contributed by atoms with E-state index in [1.165, 1.54) is 0 Å². The van der Waals surface area contributed by atoms with Gasteiger partial charge in [0.05, 0.1) is 0 Å². The zero-order valence-electron chi connectivity index (χ0n) is 31.0. The van der Waals surface area contributed by atoms with Gasteiger partial charge in [-0.1, -0.05) is 74.5 Å². The number of hydrogen-bond acceptors (Lipinski definition) is 9. The number of benzene rings is 2. The van der Waals surface area contributed by atoms with Crippen LogP contribution >= 0.6 is 0 Å². The van der Waals surface area contributed by atoms with Crippen LogP contribution in [0.3, 0.4) is 0 Å². The molecule has 14 nitrogen and oxygen atoms in total. The fourth-order valence-electron chi connectivity index (χ4n) is 6.31. The summed E-state index contributed by atoms with van der Waals surface area (Å²) in [5, 5.41) is 8.84. The van der Waals surface area contributed by atoms with Crippen LogP contribution in [0.2, 0.25) is 0 Å². The van der Waals surface area contributed by atoms with Gasteiger partial charge in [-0.2, -0.15) is 0 Å². The molecule has 3 atom stereocenters. The molecule has 0 aliphatic carbocycles. The van der Waals surface area contributed by atoms with Crippen molar-refractivity contribution in [1.29, 1.82) is 0 Å². The van der Waals surface area contributed by atoms with Crippen LogP contribution in [0.5, 0.6) is 0 Å². The zero-order valence-corrected chi connectivity index (χ0v) is 31.0. The van der Waals surface area contributed by atoms with Crippen LogP contribution in [0.25, 0.3) is 0 Å². The smallest absolute Gasteiger partial charge is 0.318 e. The second-order valence-corrected chi connectivity index (χ2v) is 13.8. The lowest BCUT2D eigenvalue weighted by atomic mass is 10.00. The van der Waals surface area contributed by atoms with E-state index in [0.29, 0.717) is 70.9 Å². The number of nitrogens with two attached hydrogens (primary N) is 2. The van der Waals surface area contributed by atoms with Crippen molar-refractivity contribution in [3.63, 3.8) is 0 Å². The number of anilines is 1. The Kier molecular flexibility index (Phi) is 16.5. The van der Waals surface area contributed by atoms with Crippen LogP contribution in [-0.4, -0.2) is 107 Å². The molecule has 1 saturated heterocycles. The minimum absolute atomic E-state index is 0.0406. The molecule has 0 radical (unpaired) electrons. The van der Waals surface area contributed by atoms with Crippen molar-refractivity contribution < 1.29 is 19.2 Å². The fraction of sp³-hybridized carbons (Fsp3) is 0.487. The van der Waals surface area contributed by atoms with Gasteiger partial charge in [0.1, 0.15) is 18.1 Å². The van der Waals surface area contributed by atoms with Gasteiger partial charge >= 0.3 is 6.03 Å². The number of urea groups is 1. The first-order valence-corrected chi connectivity index (χ1v) is 18.6. The van der Waals surface area contributed by atoms with Crippen LogP contribution < -0.4 is 32.3 Å². The number of carbonyl (C=O) groups is 4. The van der Waals surface area contributed by atoms with Gasteiger partial charge in [0.15, 0.2) is 0 Å². The summed E-state index contributed by atoms with van der Waals surface area (Å²) in [4.78, 5) is 69.7. The predicted molar refractivity (Wildman–Crippen MR) is 205 cm³/mol. The van der Waals surface area contributed by atoms with Gasteiger partial charge < -0.3 is 42.1 Å². The third-order valence-electron chi connectivity index (χ3n) is 9.13. The summed E-state index contributed by atoms with van der Waals surface area (Å²) >= 11 is 0. The highest BCUT2D eigenvalue weighted by Crippen LogP contribution is 2.15. The Hall–Kier alpha value is -5.08. The van der Waals surface area contributed by atoms with Crippen LogP contribution in [0.15, 0.2) is 79.1 Å². The van der Waals surface area contributed by atoms with Crippen LogP contribution in [0.4, 0.5) is 10.7 Å². The van der Waals surface area contributed by atoms with Gasteiger partial charge in [-0.25, -0.2) is 14.8 Å². The summed E-state index contributed by atoms with van der Waals surface area (Å²) in [5.41, 5.74) is 13.4. The summed E-state index contributed by atoms with van der Waals surface area (Å²) < 4.78 is 0. The van der Waals surface area contributed by atoms with E-state index in [-0.39, 0.29) is 31.3 Å². The maximum atomic E-state index is 14.1. The molecule has 1 aromatic heterocycles. The third-order valence-corrected chi connectivity index (χ3v) is 9.13. The monoisotopic (exact) mass is 728 g/mol. The quantitative estimate of drug-likeness (QED) is 0.115. The number of carbonyl (C=O) groups excluding carboxylic acids is 4. The molecule has 286 valence electrons. The Balaban J connectivity index is 1.48. The molecular weight excluding hydrogens is 672 g/mol. The molecule has 3 aromatic rings. The van der Waals surface area contributed by atoms with E-state index in [9.17, 15) is 19.2 Å². The summed E-state index contributed by atoms with van der Waals surface area (Å²) in [7, 11) is 0. The summed E-state index contributed by atoms with van der Waals surface area (Å²) in [5.74, 6) is -0.469. The van der Waals surface area contributed by atoms with Gasteiger partial charge in [-0.15, -0.1) is 0 Å². The molecule has 1 aliphatic heterocycles. The molecule has 0 unspecified atom stereocenters. The SMILES string of the molecule is CC(C)C[C@@H](NC(=O)[C@@H](Cc1ccccc1)NC(=O)N(CCN)Cc1ccccc1)C(=O)N[C@H](CCCCN)C(=O)N1CCN(c2ncccn2)CC1. The molecule has 7 N–H and O–H groups in total. The Bertz CT molecular complexity index is 1560. The Morgan fingerprint density at radius 2 is 1.34 bits per heavy atom. The number of unbranched alkanes of at least 4 members (excludes halogenated alkanes) is 1. The number of nitrogens with zero attached hydrogens (tertiary/aromatic N) is 5. The Morgan fingerprint density at radius 3 is 1.94 bits per heavy atom. The van der Waals surface area contributed by atoms with Gasteiger partial charge in [0.2, 0.25) is 23.7 Å². The lowest BCUT2D eigenvalue weighted by Gasteiger charge is -2.36. The highest BCUT2D eigenvalue weighted by Gasteiger charge is 2.33. The van der Waals surface area contributed by atoms with Gasteiger partial charge in [-0.05, 0) is 55.3 Å². The molecule has 2 aromatic carbocycles. The predicted octanol–water partition coefficient (Wildman–Crippen LogP) is 2.05. The van der Waals surface area contributed by atoms with Crippen LogP contribution in [0.1, 0.15) is 50.7 Å². The molecule has 5 amide bonds. The first-order chi connectivity index (χ1) is 25.7. The first kappa shape index (κ1) is 40.7. The second-order valence-electron chi connectivity index (χ2n) is 13.8. The number of aromatic nitrogens is 2. The fourth-order valence-corrected chi connectivity index (χ4v) is 6.31. The number of piperazine rings is 1. The maximum absolute atomic E-state index is 14.1. The second kappa shape index (κ2) is 21.4. The van der Waals surface area contributed by atoms with Crippen molar-refractivity contribution in [1.82, 2.24) is 35.7 Å². The molecule has 4 rings (SSSR count). The van der Waals surface area contributed by atoms with E-state index in [4.69, 9.17) is 11.5 Å². The molecule has 2 heterocycles. The molecule has 0 saturated carbocycles. The first-order valence-electron chi connectivity index (χ1n) is 18.6. The lowest BCUT2D eigenvalue weighted by Crippen LogP contribution is -2.59. The van der Waals surface area contributed by atoms with Gasteiger partial charge in [0, 0.05) is 64.6 Å². The highest BCUT2D eigenvalue weighted by molar-refractivity contribution is 5.94. The molecule has 14 heteroatoms. The van der Waals surface area contributed by atoms with Crippen molar-refractivity contribution in [2.45, 2.75) is 70.6 Å².